The fourth-order valence-corrected chi connectivity index (χ4v) is 6.39. The molecule has 9 nitrogen and oxygen atoms in total. The Morgan fingerprint density at radius 3 is 2.68 bits per heavy atom. The highest BCUT2D eigenvalue weighted by Gasteiger charge is 2.70. The zero-order valence-electron chi connectivity index (χ0n) is 20.6. The van der Waals surface area contributed by atoms with E-state index in [4.69, 9.17) is 9.15 Å². The molecule has 2 aliphatic heterocycles. The Kier molecular flexibility index (Phi) is 3.86. The van der Waals surface area contributed by atoms with Crippen molar-refractivity contribution >= 4 is 28.3 Å². The molecular weight excluding hydrogens is 472 g/mol. The summed E-state index contributed by atoms with van der Waals surface area (Å²) in [7, 11) is 0. The maximum absolute atomic E-state index is 13.3. The minimum Gasteiger partial charge on any atom is -0.460 e. The molecule has 0 spiro atoms. The maximum Gasteiger partial charge on any atom is 0.256 e. The molecule has 1 aromatic carbocycles. The van der Waals surface area contributed by atoms with Gasteiger partial charge in [-0.05, 0) is 63.1 Å². The van der Waals surface area contributed by atoms with Crippen LogP contribution in [0.2, 0.25) is 0 Å². The number of aromatic nitrogens is 2. The third-order valence-electron chi connectivity index (χ3n) is 8.86. The molecule has 3 saturated carbocycles. The second kappa shape index (κ2) is 6.72. The van der Waals surface area contributed by atoms with Crippen LogP contribution in [0, 0.1) is 19.8 Å². The molecular formula is C28H26N4O5. The predicted molar refractivity (Wildman–Crippen MR) is 133 cm³/mol. The van der Waals surface area contributed by atoms with Crippen LogP contribution in [0.4, 0.5) is 0 Å². The molecule has 4 aromatic rings. The molecule has 5 aliphatic rings. The number of hydrogen-bond donors (Lipinski definition) is 2. The number of aliphatic hydroxyl groups is 1. The van der Waals surface area contributed by atoms with E-state index in [0.717, 1.165) is 23.8 Å². The van der Waals surface area contributed by atoms with Crippen LogP contribution in [-0.4, -0.2) is 55.2 Å². The van der Waals surface area contributed by atoms with Crippen molar-refractivity contribution in [2.24, 2.45) is 5.92 Å². The summed E-state index contributed by atoms with van der Waals surface area (Å²) in [4.78, 5) is 28.0. The molecule has 9 rings (SSSR count). The molecule has 0 unspecified atom stereocenters. The van der Waals surface area contributed by atoms with Crippen LogP contribution in [0.25, 0.3) is 16.5 Å². The van der Waals surface area contributed by atoms with Crippen LogP contribution < -0.4 is 10.1 Å². The van der Waals surface area contributed by atoms with Crippen molar-refractivity contribution in [1.29, 1.82) is 0 Å². The molecule has 2 amide bonds. The van der Waals surface area contributed by atoms with E-state index in [2.05, 4.69) is 10.4 Å². The summed E-state index contributed by atoms with van der Waals surface area (Å²) in [5, 5.41) is 18.7. The smallest absolute Gasteiger partial charge is 0.256 e. The van der Waals surface area contributed by atoms with E-state index in [9.17, 15) is 14.7 Å². The number of fused-ring (bicyclic) bond motifs is 4. The van der Waals surface area contributed by atoms with Crippen molar-refractivity contribution in [1.82, 2.24) is 19.8 Å². The summed E-state index contributed by atoms with van der Waals surface area (Å²) >= 11 is 0. The van der Waals surface area contributed by atoms with E-state index in [1.54, 1.807) is 33.9 Å². The number of furan rings is 1. The second-order valence-electron chi connectivity index (χ2n) is 11.4. The van der Waals surface area contributed by atoms with Crippen LogP contribution in [0.5, 0.6) is 11.5 Å². The number of nitrogens with zero attached hydrogens (tertiary/aromatic N) is 3. The van der Waals surface area contributed by atoms with Gasteiger partial charge in [-0.25, -0.2) is 4.52 Å². The van der Waals surface area contributed by atoms with E-state index in [1.807, 2.05) is 26.0 Å². The van der Waals surface area contributed by atoms with Crippen molar-refractivity contribution in [2.75, 3.05) is 6.54 Å². The summed E-state index contributed by atoms with van der Waals surface area (Å²) in [6, 6.07) is 7.34. The van der Waals surface area contributed by atoms with Crippen LogP contribution in [0.3, 0.4) is 0 Å². The largest absolute Gasteiger partial charge is 0.460 e. The highest BCUT2D eigenvalue weighted by molar-refractivity contribution is 6.08. The fraction of sp³-hybridized carbons (Fsp3) is 0.393. The van der Waals surface area contributed by atoms with Crippen molar-refractivity contribution in [2.45, 2.75) is 56.7 Å². The number of ether oxygens (including phenoxy) is 1. The number of rotatable bonds is 5. The topological polar surface area (TPSA) is 109 Å². The van der Waals surface area contributed by atoms with E-state index >= 15 is 0 Å². The zero-order valence-corrected chi connectivity index (χ0v) is 20.6. The molecule has 3 aliphatic carbocycles. The number of hydrogen-bond acceptors (Lipinski definition) is 6. The number of benzene rings is 1. The van der Waals surface area contributed by atoms with Crippen LogP contribution in [0.1, 0.15) is 57.7 Å². The van der Waals surface area contributed by atoms with Gasteiger partial charge >= 0.3 is 0 Å². The van der Waals surface area contributed by atoms with Gasteiger partial charge in [0, 0.05) is 35.3 Å². The average Bonchev–Trinajstić information content (AvgIpc) is 3.40. The monoisotopic (exact) mass is 498 g/mol. The van der Waals surface area contributed by atoms with Crippen molar-refractivity contribution in [3.05, 3.63) is 59.1 Å². The Hall–Kier alpha value is -3.85. The van der Waals surface area contributed by atoms with Gasteiger partial charge < -0.3 is 24.5 Å². The van der Waals surface area contributed by atoms with Crippen LogP contribution in [-0.2, 0) is 0 Å². The maximum atomic E-state index is 13.3. The minimum atomic E-state index is -0.721. The number of aryl methyl sites for hydroxylation is 2. The Morgan fingerprint density at radius 1 is 1.19 bits per heavy atom. The van der Waals surface area contributed by atoms with Gasteiger partial charge in [0.2, 0.25) is 0 Å². The standard InChI is InChI=1S/C28H26N4O5/c1-14-20(26(34)31-13-27(35)10-17(31)11-27)12-32-24(14)21(5-6-29-32)37-18-3-4-19-22(7-18)36-15(2)23(19)25(33)30-28-8-16(28)9-28/h3-7,12,16-17,35H,8-11,13H2,1-2H3,(H,30,33). The van der Waals surface area contributed by atoms with E-state index in [1.165, 1.54) is 0 Å². The summed E-state index contributed by atoms with van der Waals surface area (Å²) in [5.41, 5.74) is 2.52. The van der Waals surface area contributed by atoms with Crippen molar-refractivity contribution < 1.29 is 23.8 Å². The molecule has 2 N–H and O–H groups in total. The number of amides is 2. The second-order valence-corrected chi connectivity index (χ2v) is 11.4. The number of nitrogens with one attached hydrogen (secondary N) is 1. The van der Waals surface area contributed by atoms with Crippen LogP contribution >= 0.6 is 0 Å². The molecule has 9 heteroatoms. The Bertz CT molecular complexity index is 1670. The number of carbonyl (C=O) groups is 2. The van der Waals surface area contributed by atoms with Gasteiger partial charge in [-0.3, -0.25) is 9.59 Å². The first-order valence-electron chi connectivity index (χ1n) is 12.8. The minimum absolute atomic E-state index is 0.0485. The Balaban J connectivity index is 1.10. The molecule has 2 bridgehead atoms. The zero-order chi connectivity index (χ0) is 25.3. The first-order chi connectivity index (χ1) is 17.7. The lowest BCUT2D eigenvalue weighted by atomic mass is 9.81. The molecule has 5 heterocycles. The third kappa shape index (κ3) is 2.97. The predicted octanol–water partition coefficient (Wildman–Crippen LogP) is 3.73. The van der Waals surface area contributed by atoms with Gasteiger partial charge in [-0.2, -0.15) is 5.10 Å². The molecule has 0 atom stereocenters. The summed E-state index contributed by atoms with van der Waals surface area (Å²) < 4.78 is 13.9. The normalized spacial score (nSPS) is 28.8. The fourth-order valence-electron chi connectivity index (χ4n) is 6.39. The third-order valence-corrected chi connectivity index (χ3v) is 8.86. The van der Waals surface area contributed by atoms with Gasteiger partial charge in [0.25, 0.3) is 11.8 Å². The van der Waals surface area contributed by atoms with E-state index in [-0.39, 0.29) is 23.4 Å². The lowest BCUT2D eigenvalue weighted by molar-refractivity contribution is 0.00705. The quantitative estimate of drug-likeness (QED) is 0.434. The highest BCUT2D eigenvalue weighted by Crippen LogP contribution is 2.66. The molecule has 0 radical (unpaired) electrons. The summed E-state index contributed by atoms with van der Waals surface area (Å²) in [5.74, 6) is 2.19. The van der Waals surface area contributed by atoms with E-state index < -0.39 is 5.60 Å². The molecule has 3 aromatic heterocycles. The molecule has 5 fully saturated rings. The molecule has 2 saturated heterocycles. The SMILES string of the molecule is Cc1oc2cc(Oc3ccnn4cc(C(=O)N5CC6(O)CC5C6)c(C)c34)ccc2c1C(=O)NC12CC1C2. The highest BCUT2D eigenvalue weighted by atomic mass is 16.5. The first kappa shape index (κ1) is 21.3. The lowest BCUT2D eigenvalue weighted by Crippen LogP contribution is -2.40. The molecule has 37 heavy (non-hydrogen) atoms. The van der Waals surface area contributed by atoms with Crippen molar-refractivity contribution in [3.8, 4) is 11.5 Å². The van der Waals surface area contributed by atoms with E-state index in [0.29, 0.717) is 64.8 Å². The summed E-state index contributed by atoms with van der Waals surface area (Å²) in [6.07, 6.45) is 6.83. The Labute approximate surface area is 212 Å². The van der Waals surface area contributed by atoms with Gasteiger partial charge in [-0.1, -0.05) is 0 Å². The number of carbonyl (C=O) groups excluding carboxylic acids is 2. The van der Waals surface area contributed by atoms with Gasteiger partial charge in [-0.15, -0.1) is 0 Å². The average molecular weight is 499 g/mol. The lowest BCUT2D eigenvalue weighted by Gasteiger charge is -2.31. The Morgan fingerprint density at radius 2 is 1.97 bits per heavy atom. The van der Waals surface area contributed by atoms with Gasteiger partial charge in [0.15, 0.2) is 5.75 Å². The van der Waals surface area contributed by atoms with Crippen LogP contribution in [0.15, 0.2) is 41.1 Å². The van der Waals surface area contributed by atoms with Gasteiger partial charge in [0.05, 0.1) is 29.5 Å². The molecule has 188 valence electrons. The summed E-state index contributed by atoms with van der Waals surface area (Å²) in [6.45, 7) is 4.07. The van der Waals surface area contributed by atoms with Gasteiger partial charge in [0.1, 0.15) is 22.6 Å². The van der Waals surface area contributed by atoms with Crippen molar-refractivity contribution in [3.63, 3.8) is 0 Å². The first-order valence-corrected chi connectivity index (χ1v) is 12.8.